The Morgan fingerprint density at radius 3 is 2.86 bits per heavy atom. The van der Waals surface area contributed by atoms with Gasteiger partial charge in [0.2, 0.25) is 0 Å². The molecule has 0 unspecified atom stereocenters. The molecule has 0 bridgehead atoms. The highest BCUT2D eigenvalue weighted by Gasteiger charge is 2.08. The molecule has 3 N–H and O–H groups in total. The fraction of sp³-hybridized carbons (Fsp3) is 0.200. The Bertz CT molecular complexity index is 886. The van der Waals surface area contributed by atoms with E-state index >= 15 is 0 Å². The number of rotatable bonds is 2. The maximum absolute atomic E-state index is 5.74. The lowest BCUT2D eigenvalue weighted by atomic mass is 10.1. The minimum atomic E-state index is 0.350. The predicted octanol–water partition coefficient (Wildman–Crippen LogP) is 1.26. The lowest BCUT2D eigenvalue weighted by Gasteiger charge is -2.05. The fourth-order valence-electron chi connectivity index (χ4n) is 2.07. The molecule has 0 spiro atoms. The zero-order chi connectivity index (χ0) is 15.5. The van der Waals surface area contributed by atoms with Crippen molar-refractivity contribution in [2.45, 2.75) is 13.5 Å². The van der Waals surface area contributed by atoms with E-state index in [1.807, 2.05) is 17.8 Å². The molecule has 0 radical (unpaired) electrons. The van der Waals surface area contributed by atoms with Crippen molar-refractivity contribution in [3.63, 3.8) is 0 Å². The summed E-state index contributed by atoms with van der Waals surface area (Å²) in [4.78, 5) is 4.31. The minimum absolute atomic E-state index is 0.350. The van der Waals surface area contributed by atoms with Crippen LogP contribution in [0.4, 0.5) is 11.6 Å². The number of nitrogens with one attached hydrogen (secondary N) is 1. The van der Waals surface area contributed by atoms with Crippen LogP contribution in [0, 0.1) is 11.8 Å². The van der Waals surface area contributed by atoms with Crippen LogP contribution in [0.3, 0.4) is 0 Å². The third kappa shape index (κ3) is 2.54. The molecule has 0 aliphatic rings. The van der Waals surface area contributed by atoms with Crippen LogP contribution in [-0.2, 0) is 6.54 Å². The van der Waals surface area contributed by atoms with E-state index in [0.29, 0.717) is 17.2 Å². The molecule has 3 rings (SSSR count). The molecular weight excluding hydrogens is 278 g/mol. The van der Waals surface area contributed by atoms with Gasteiger partial charge in [0.25, 0.3) is 0 Å². The van der Waals surface area contributed by atoms with Crippen molar-refractivity contribution in [1.29, 1.82) is 0 Å². The van der Waals surface area contributed by atoms with Crippen LogP contribution >= 0.6 is 0 Å². The standard InChI is InChI=1S/C15H15N7/c1-3-22-9-10(7-19-22)4-5-11-8-18-15(17-2)14-12(11)6-13(16)20-21-14/h6-9H,3H2,1-2H3,(H2,16,20)(H,17,18). The van der Waals surface area contributed by atoms with Gasteiger partial charge in [-0.1, -0.05) is 11.8 Å². The number of fused-ring (bicyclic) bond motifs is 1. The second-order valence-corrected chi connectivity index (χ2v) is 4.64. The highest BCUT2D eigenvalue weighted by Crippen LogP contribution is 2.22. The van der Waals surface area contributed by atoms with Crippen molar-refractivity contribution in [3.05, 3.63) is 35.8 Å². The molecule has 7 heteroatoms. The van der Waals surface area contributed by atoms with Crippen molar-refractivity contribution < 1.29 is 0 Å². The normalized spacial score (nSPS) is 10.3. The summed E-state index contributed by atoms with van der Waals surface area (Å²) in [6.07, 6.45) is 5.34. The highest BCUT2D eigenvalue weighted by atomic mass is 15.3. The molecule has 110 valence electrons. The van der Waals surface area contributed by atoms with Gasteiger partial charge in [0, 0.05) is 31.4 Å². The first kappa shape index (κ1) is 13.8. The first-order valence-electron chi connectivity index (χ1n) is 6.85. The number of hydrogen-bond acceptors (Lipinski definition) is 6. The van der Waals surface area contributed by atoms with Gasteiger partial charge < -0.3 is 11.1 Å². The van der Waals surface area contributed by atoms with Crippen LogP contribution in [-0.4, -0.2) is 32.0 Å². The van der Waals surface area contributed by atoms with E-state index in [2.05, 4.69) is 37.4 Å². The summed E-state index contributed by atoms with van der Waals surface area (Å²) in [6, 6.07) is 1.75. The van der Waals surface area contributed by atoms with E-state index in [0.717, 1.165) is 23.1 Å². The minimum Gasteiger partial charge on any atom is -0.382 e. The van der Waals surface area contributed by atoms with E-state index in [4.69, 9.17) is 5.73 Å². The van der Waals surface area contributed by atoms with Gasteiger partial charge in [-0.05, 0) is 13.0 Å². The maximum Gasteiger partial charge on any atom is 0.154 e. The lowest BCUT2D eigenvalue weighted by molar-refractivity contribution is 0.660. The smallest absolute Gasteiger partial charge is 0.154 e. The van der Waals surface area contributed by atoms with Crippen LogP contribution in [0.25, 0.3) is 10.9 Å². The van der Waals surface area contributed by atoms with E-state index in [1.165, 1.54) is 0 Å². The Kier molecular flexibility index (Phi) is 3.58. The first-order valence-corrected chi connectivity index (χ1v) is 6.85. The van der Waals surface area contributed by atoms with Gasteiger partial charge in [0.15, 0.2) is 5.82 Å². The Balaban J connectivity index is 2.09. The van der Waals surface area contributed by atoms with Crippen LogP contribution in [0.1, 0.15) is 18.1 Å². The maximum atomic E-state index is 5.74. The van der Waals surface area contributed by atoms with Crippen LogP contribution in [0.15, 0.2) is 24.7 Å². The largest absolute Gasteiger partial charge is 0.382 e. The third-order valence-corrected chi connectivity index (χ3v) is 3.19. The van der Waals surface area contributed by atoms with Crippen molar-refractivity contribution in [3.8, 4) is 11.8 Å². The van der Waals surface area contributed by atoms with Gasteiger partial charge in [-0.25, -0.2) is 4.98 Å². The summed E-state index contributed by atoms with van der Waals surface area (Å²) in [5, 5.41) is 16.0. The topological polar surface area (TPSA) is 94.5 Å². The molecule has 22 heavy (non-hydrogen) atoms. The number of nitrogen functional groups attached to an aromatic ring is 1. The van der Waals surface area contributed by atoms with Gasteiger partial charge in [-0.3, -0.25) is 4.68 Å². The number of pyridine rings is 1. The molecule has 0 saturated heterocycles. The highest BCUT2D eigenvalue weighted by molar-refractivity contribution is 5.93. The van der Waals surface area contributed by atoms with Gasteiger partial charge in [-0.2, -0.15) is 5.10 Å². The summed E-state index contributed by atoms with van der Waals surface area (Å²) < 4.78 is 1.83. The average molecular weight is 293 g/mol. The molecule has 0 aliphatic carbocycles. The quantitative estimate of drug-likeness (QED) is 0.691. The Labute approximate surface area is 127 Å². The molecule has 0 aliphatic heterocycles. The van der Waals surface area contributed by atoms with Gasteiger partial charge in [0.1, 0.15) is 11.3 Å². The molecule has 0 amide bonds. The second kappa shape index (κ2) is 5.69. The number of nitrogens with two attached hydrogens (primary N) is 1. The van der Waals surface area contributed by atoms with Crippen molar-refractivity contribution >= 4 is 22.5 Å². The molecule has 3 aromatic rings. The zero-order valence-electron chi connectivity index (χ0n) is 12.3. The molecular formula is C15H15N7. The van der Waals surface area contributed by atoms with Crippen molar-refractivity contribution in [2.24, 2.45) is 0 Å². The van der Waals surface area contributed by atoms with E-state index in [-0.39, 0.29) is 0 Å². The Hall–Kier alpha value is -3.14. The molecule has 7 nitrogen and oxygen atoms in total. The van der Waals surface area contributed by atoms with E-state index in [9.17, 15) is 0 Å². The number of aryl methyl sites for hydroxylation is 1. The molecule has 0 aromatic carbocycles. The molecule has 3 aromatic heterocycles. The van der Waals surface area contributed by atoms with E-state index < -0.39 is 0 Å². The Morgan fingerprint density at radius 1 is 1.27 bits per heavy atom. The number of aromatic nitrogens is 5. The number of nitrogens with zero attached hydrogens (tertiary/aromatic N) is 5. The molecule has 3 heterocycles. The van der Waals surface area contributed by atoms with Gasteiger partial charge in [0.05, 0.1) is 17.3 Å². The van der Waals surface area contributed by atoms with Gasteiger partial charge >= 0.3 is 0 Å². The zero-order valence-corrected chi connectivity index (χ0v) is 12.3. The summed E-state index contributed by atoms with van der Waals surface area (Å²) in [7, 11) is 1.78. The summed E-state index contributed by atoms with van der Waals surface area (Å²) in [6.45, 7) is 2.84. The number of hydrogen-bond donors (Lipinski definition) is 2. The van der Waals surface area contributed by atoms with E-state index in [1.54, 1.807) is 25.5 Å². The SMILES string of the molecule is CCn1cc(C#Cc2cnc(NC)c3nnc(N)cc23)cn1. The molecule has 0 atom stereocenters. The summed E-state index contributed by atoms with van der Waals surface area (Å²) in [5.74, 6) is 7.18. The van der Waals surface area contributed by atoms with Crippen LogP contribution in [0.2, 0.25) is 0 Å². The monoisotopic (exact) mass is 293 g/mol. The summed E-state index contributed by atoms with van der Waals surface area (Å²) >= 11 is 0. The second-order valence-electron chi connectivity index (χ2n) is 4.64. The predicted molar refractivity (Wildman–Crippen MR) is 85.2 cm³/mol. The van der Waals surface area contributed by atoms with Crippen molar-refractivity contribution in [1.82, 2.24) is 25.0 Å². The summed E-state index contributed by atoms with van der Waals surface area (Å²) in [5.41, 5.74) is 7.98. The van der Waals surface area contributed by atoms with Crippen LogP contribution in [0.5, 0.6) is 0 Å². The Morgan fingerprint density at radius 2 is 2.14 bits per heavy atom. The molecule has 0 fully saturated rings. The fourth-order valence-corrected chi connectivity index (χ4v) is 2.07. The lowest BCUT2D eigenvalue weighted by Crippen LogP contribution is -2.00. The molecule has 0 saturated carbocycles. The van der Waals surface area contributed by atoms with Crippen LogP contribution < -0.4 is 11.1 Å². The first-order chi connectivity index (χ1) is 10.7. The third-order valence-electron chi connectivity index (χ3n) is 3.19. The van der Waals surface area contributed by atoms with Crippen molar-refractivity contribution in [2.75, 3.05) is 18.1 Å². The average Bonchev–Trinajstić information content (AvgIpc) is 3.00. The van der Waals surface area contributed by atoms with Gasteiger partial charge in [-0.15, -0.1) is 10.2 Å². The number of anilines is 2.